The number of hydrogen-bond donors (Lipinski definition) is 1. The molecule has 1 aromatic rings. The van der Waals surface area contributed by atoms with E-state index in [0.717, 1.165) is 16.7 Å². The number of allylic oxidation sites excluding steroid dienone is 1. The predicted octanol–water partition coefficient (Wildman–Crippen LogP) is 3.48. The van der Waals surface area contributed by atoms with Gasteiger partial charge in [0.15, 0.2) is 6.61 Å². The molecule has 18 heavy (non-hydrogen) atoms. The van der Waals surface area contributed by atoms with Gasteiger partial charge in [-0.1, -0.05) is 39.0 Å². The molecule has 1 N–H and O–H groups in total. The van der Waals surface area contributed by atoms with Gasteiger partial charge in [0.1, 0.15) is 5.75 Å². The lowest BCUT2D eigenvalue weighted by molar-refractivity contribution is -0.139. The Hall–Kier alpha value is -1.77. The summed E-state index contributed by atoms with van der Waals surface area (Å²) in [5, 5.41) is 8.67. The van der Waals surface area contributed by atoms with Crippen molar-refractivity contribution in [2.24, 2.45) is 0 Å². The lowest BCUT2D eigenvalue weighted by Gasteiger charge is -2.23. The Morgan fingerprint density at radius 2 is 2.00 bits per heavy atom. The molecule has 3 nitrogen and oxygen atoms in total. The van der Waals surface area contributed by atoms with Crippen LogP contribution in [0.4, 0.5) is 0 Å². The van der Waals surface area contributed by atoms with Gasteiger partial charge in [-0.2, -0.15) is 0 Å². The van der Waals surface area contributed by atoms with Crippen LogP contribution >= 0.6 is 0 Å². The Labute approximate surface area is 108 Å². The molecule has 1 aromatic carbocycles. The number of aliphatic carboxylic acids is 1. The van der Waals surface area contributed by atoms with E-state index in [4.69, 9.17) is 9.84 Å². The summed E-state index contributed by atoms with van der Waals surface area (Å²) in [6, 6.07) is 5.72. The number of ether oxygens (including phenoxy) is 1. The quantitative estimate of drug-likeness (QED) is 0.887. The van der Waals surface area contributed by atoms with Crippen LogP contribution in [0.2, 0.25) is 0 Å². The van der Waals surface area contributed by atoms with Gasteiger partial charge in [0.05, 0.1) is 0 Å². The van der Waals surface area contributed by atoms with Gasteiger partial charge in [0.2, 0.25) is 0 Å². The molecule has 0 heterocycles. The first-order chi connectivity index (χ1) is 8.21. The van der Waals surface area contributed by atoms with E-state index >= 15 is 0 Å². The molecule has 0 aliphatic heterocycles. The Balaban J connectivity index is 3.17. The molecule has 0 saturated carbocycles. The molecule has 0 spiro atoms. The van der Waals surface area contributed by atoms with Gasteiger partial charge in [-0.05, 0) is 30.0 Å². The zero-order chi connectivity index (χ0) is 13.9. The maximum Gasteiger partial charge on any atom is 0.341 e. The van der Waals surface area contributed by atoms with Gasteiger partial charge in [0.25, 0.3) is 0 Å². The fourth-order valence-corrected chi connectivity index (χ4v) is 1.65. The number of carbonyl (C=O) groups is 1. The van der Waals surface area contributed by atoms with E-state index in [0.29, 0.717) is 5.75 Å². The largest absolute Gasteiger partial charge is 0.482 e. The molecule has 0 unspecified atom stereocenters. The second-order valence-corrected chi connectivity index (χ2v) is 5.42. The summed E-state index contributed by atoms with van der Waals surface area (Å²) in [4.78, 5) is 10.6. The highest BCUT2D eigenvalue weighted by atomic mass is 16.5. The van der Waals surface area contributed by atoms with E-state index in [1.54, 1.807) is 0 Å². The maximum absolute atomic E-state index is 10.6. The number of benzene rings is 1. The van der Waals surface area contributed by atoms with Gasteiger partial charge in [-0.15, -0.1) is 0 Å². The van der Waals surface area contributed by atoms with Crippen LogP contribution in [-0.2, 0) is 10.2 Å². The first kappa shape index (κ1) is 14.3. The highest BCUT2D eigenvalue weighted by Gasteiger charge is 2.20. The fraction of sp³-hybridized carbons (Fsp3) is 0.400. The minimum absolute atomic E-state index is 0.112. The second kappa shape index (κ2) is 5.25. The monoisotopic (exact) mass is 248 g/mol. The van der Waals surface area contributed by atoms with E-state index in [1.807, 2.05) is 25.1 Å². The molecule has 1 rings (SSSR count). The SMILES string of the molecule is C=C(C)c1ccc(OCC(=O)O)c(C(C)(C)C)c1. The van der Waals surface area contributed by atoms with Crippen molar-refractivity contribution in [3.05, 3.63) is 35.9 Å². The molecule has 0 aliphatic rings. The van der Waals surface area contributed by atoms with Crippen molar-refractivity contribution in [1.82, 2.24) is 0 Å². The van der Waals surface area contributed by atoms with E-state index in [2.05, 4.69) is 27.4 Å². The number of carboxylic acid groups (broad SMARTS) is 1. The summed E-state index contributed by atoms with van der Waals surface area (Å²) in [6.07, 6.45) is 0. The van der Waals surface area contributed by atoms with Gasteiger partial charge in [-0.3, -0.25) is 0 Å². The molecule has 0 fully saturated rings. The summed E-state index contributed by atoms with van der Waals surface area (Å²) >= 11 is 0. The lowest BCUT2D eigenvalue weighted by Crippen LogP contribution is -2.16. The van der Waals surface area contributed by atoms with Gasteiger partial charge < -0.3 is 9.84 Å². The van der Waals surface area contributed by atoms with Crippen molar-refractivity contribution < 1.29 is 14.6 Å². The molecule has 98 valence electrons. The second-order valence-electron chi connectivity index (χ2n) is 5.42. The van der Waals surface area contributed by atoms with Crippen LogP contribution in [0.25, 0.3) is 5.57 Å². The van der Waals surface area contributed by atoms with Crippen molar-refractivity contribution in [1.29, 1.82) is 0 Å². The Morgan fingerprint density at radius 1 is 1.39 bits per heavy atom. The smallest absolute Gasteiger partial charge is 0.341 e. The van der Waals surface area contributed by atoms with Crippen LogP contribution in [0, 0.1) is 0 Å². The van der Waals surface area contributed by atoms with Crippen LogP contribution < -0.4 is 4.74 Å². The van der Waals surface area contributed by atoms with Gasteiger partial charge >= 0.3 is 5.97 Å². The van der Waals surface area contributed by atoms with Crippen molar-refractivity contribution >= 4 is 11.5 Å². The highest BCUT2D eigenvalue weighted by Crippen LogP contribution is 2.33. The highest BCUT2D eigenvalue weighted by molar-refractivity contribution is 5.69. The van der Waals surface area contributed by atoms with Crippen molar-refractivity contribution in [3.8, 4) is 5.75 Å². The van der Waals surface area contributed by atoms with E-state index in [-0.39, 0.29) is 12.0 Å². The molecule has 0 aromatic heterocycles. The normalized spacial score (nSPS) is 11.1. The van der Waals surface area contributed by atoms with Crippen molar-refractivity contribution in [2.75, 3.05) is 6.61 Å². The number of hydrogen-bond acceptors (Lipinski definition) is 2. The van der Waals surface area contributed by atoms with Crippen LogP contribution in [-0.4, -0.2) is 17.7 Å². The fourth-order valence-electron chi connectivity index (χ4n) is 1.65. The molecule has 0 radical (unpaired) electrons. The zero-order valence-corrected chi connectivity index (χ0v) is 11.4. The molecule has 3 heteroatoms. The van der Waals surface area contributed by atoms with Crippen molar-refractivity contribution in [3.63, 3.8) is 0 Å². The summed E-state index contributed by atoms with van der Waals surface area (Å²) in [6.45, 7) is 11.7. The minimum atomic E-state index is -0.973. The van der Waals surface area contributed by atoms with Crippen LogP contribution in [0.15, 0.2) is 24.8 Å². The Kier molecular flexibility index (Phi) is 4.17. The molecule has 0 bridgehead atoms. The average molecular weight is 248 g/mol. The summed E-state index contributed by atoms with van der Waals surface area (Å²) in [5.74, 6) is -0.353. The first-order valence-corrected chi connectivity index (χ1v) is 5.87. The predicted molar refractivity (Wildman–Crippen MR) is 73.0 cm³/mol. The zero-order valence-electron chi connectivity index (χ0n) is 11.4. The summed E-state index contributed by atoms with van der Waals surface area (Å²) in [7, 11) is 0. The third-order valence-corrected chi connectivity index (χ3v) is 2.63. The van der Waals surface area contributed by atoms with E-state index in [1.165, 1.54) is 0 Å². The van der Waals surface area contributed by atoms with Crippen molar-refractivity contribution in [2.45, 2.75) is 33.1 Å². The summed E-state index contributed by atoms with van der Waals surface area (Å²) in [5.41, 5.74) is 2.90. The molecule has 0 atom stereocenters. The van der Waals surface area contributed by atoms with Crippen LogP contribution in [0.1, 0.15) is 38.8 Å². The average Bonchev–Trinajstić information content (AvgIpc) is 2.24. The minimum Gasteiger partial charge on any atom is -0.482 e. The van der Waals surface area contributed by atoms with Crippen LogP contribution in [0.5, 0.6) is 5.75 Å². The first-order valence-electron chi connectivity index (χ1n) is 5.87. The third-order valence-electron chi connectivity index (χ3n) is 2.63. The topological polar surface area (TPSA) is 46.5 Å². The molecular weight excluding hydrogens is 228 g/mol. The molecule has 0 saturated heterocycles. The van der Waals surface area contributed by atoms with E-state index in [9.17, 15) is 4.79 Å². The standard InChI is InChI=1S/C15H20O3/c1-10(2)11-6-7-13(18-9-14(16)17)12(8-11)15(3,4)5/h6-8H,1,9H2,2-5H3,(H,16,17). The lowest BCUT2D eigenvalue weighted by atomic mass is 9.85. The molecule has 0 amide bonds. The Bertz CT molecular complexity index is 467. The third kappa shape index (κ3) is 3.62. The number of rotatable bonds is 4. The molecule has 0 aliphatic carbocycles. The Morgan fingerprint density at radius 3 is 2.44 bits per heavy atom. The molecular formula is C15H20O3. The van der Waals surface area contributed by atoms with E-state index < -0.39 is 5.97 Å². The number of carboxylic acids is 1. The van der Waals surface area contributed by atoms with Crippen LogP contribution in [0.3, 0.4) is 0 Å². The maximum atomic E-state index is 10.6. The summed E-state index contributed by atoms with van der Waals surface area (Å²) < 4.78 is 5.33. The van der Waals surface area contributed by atoms with Gasteiger partial charge in [-0.25, -0.2) is 4.79 Å². The van der Waals surface area contributed by atoms with Gasteiger partial charge in [0, 0.05) is 5.56 Å².